The zero-order valence-corrected chi connectivity index (χ0v) is 16.1. The maximum atomic E-state index is 14.4. The van der Waals surface area contributed by atoms with Gasteiger partial charge in [0.2, 0.25) is 0 Å². The summed E-state index contributed by atoms with van der Waals surface area (Å²) in [6, 6.07) is 1.04. The second kappa shape index (κ2) is 6.92. The van der Waals surface area contributed by atoms with Gasteiger partial charge in [-0.05, 0) is 26.8 Å². The highest BCUT2D eigenvalue weighted by atomic mass is 35.5. The molecule has 0 fully saturated rings. The Balaban J connectivity index is 2.29. The van der Waals surface area contributed by atoms with Crippen molar-refractivity contribution in [2.75, 3.05) is 12.3 Å². The molecule has 10 heteroatoms. The fraction of sp³-hybridized carbons (Fsp3) is 0.278. The average molecular weight is 409 g/mol. The van der Waals surface area contributed by atoms with Crippen LogP contribution < -0.4 is 5.73 Å². The smallest absolute Gasteiger partial charge is 0.345 e. The van der Waals surface area contributed by atoms with Crippen LogP contribution in [0.25, 0.3) is 5.52 Å². The molecule has 0 unspecified atom stereocenters. The van der Waals surface area contributed by atoms with Crippen molar-refractivity contribution >= 4 is 28.9 Å². The first-order chi connectivity index (χ1) is 13.1. The molecular weight excluding hydrogens is 391 g/mol. The highest BCUT2D eigenvalue weighted by molar-refractivity contribution is 6.31. The molecule has 0 amide bonds. The molecule has 1 aromatic carbocycles. The highest BCUT2D eigenvalue weighted by Crippen LogP contribution is 2.41. The lowest BCUT2D eigenvalue weighted by Gasteiger charge is -2.25. The zero-order valence-electron chi connectivity index (χ0n) is 15.3. The van der Waals surface area contributed by atoms with Crippen molar-refractivity contribution in [3.05, 3.63) is 51.9 Å². The van der Waals surface area contributed by atoms with E-state index in [0.29, 0.717) is 11.2 Å². The molecule has 2 heterocycles. The number of benzene rings is 1. The number of aliphatic hydroxyl groups is 1. The van der Waals surface area contributed by atoms with Crippen molar-refractivity contribution in [2.45, 2.75) is 26.4 Å². The number of phenols is 1. The van der Waals surface area contributed by atoms with Gasteiger partial charge in [0.05, 0.1) is 17.3 Å². The molecule has 28 heavy (non-hydrogen) atoms. The summed E-state index contributed by atoms with van der Waals surface area (Å²) in [6.07, 6.45) is 2.95. The lowest BCUT2D eigenvalue weighted by Crippen LogP contribution is -2.27. The number of hydrogen-bond donors (Lipinski definition) is 3. The molecule has 3 aromatic rings. The molecule has 0 spiro atoms. The molecule has 1 atom stereocenters. The Hall–Kier alpha value is -2.91. The second-order valence-corrected chi connectivity index (χ2v) is 6.70. The summed E-state index contributed by atoms with van der Waals surface area (Å²) in [6.45, 7) is 4.50. The number of anilines is 1. The van der Waals surface area contributed by atoms with Gasteiger partial charge in [-0.15, -0.1) is 0 Å². The number of esters is 1. The molecule has 0 aliphatic rings. The maximum absolute atomic E-state index is 14.4. The number of phenolic OH excluding ortho intramolecular Hbond substituents is 1. The summed E-state index contributed by atoms with van der Waals surface area (Å²) < 4.78 is 20.7. The zero-order chi connectivity index (χ0) is 20.8. The Morgan fingerprint density at radius 3 is 2.82 bits per heavy atom. The number of nitrogens with zero attached hydrogens (tertiary/aromatic N) is 3. The summed E-state index contributed by atoms with van der Waals surface area (Å²) in [7, 11) is 0. The SMILES string of the molecule is CCOC(=O)c1c(O)c([C@](C)(O)c2nc(C)c3c(N)nccn23)cc(Cl)c1F. The van der Waals surface area contributed by atoms with Gasteiger partial charge in [0.15, 0.2) is 5.82 Å². The number of aryl methyl sites for hydroxylation is 1. The Morgan fingerprint density at radius 1 is 1.50 bits per heavy atom. The number of hydrogen-bond acceptors (Lipinski definition) is 7. The number of aromatic hydroxyl groups is 1. The van der Waals surface area contributed by atoms with E-state index in [1.807, 2.05) is 0 Å². The predicted octanol–water partition coefficient (Wildman–Crippen LogP) is 2.55. The van der Waals surface area contributed by atoms with Crippen LogP contribution in [0.3, 0.4) is 0 Å². The first-order valence-electron chi connectivity index (χ1n) is 8.31. The van der Waals surface area contributed by atoms with Gasteiger partial charge in [-0.1, -0.05) is 11.6 Å². The first kappa shape index (κ1) is 19.8. The van der Waals surface area contributed by atoms with Gasteiger partial charge in [-0.3, -0.25) is 4.40 Å². The molecule has 2 aromatic heterocycles. The Morgan fingerprint density at radius 2 is 2.18 bits per heavy atom. The van der Waals surface area contributed by atoms with Gasteiger partial charge in [-0.25, -0.2) is 19.2 Å². The number of imidazole rings is 1. The van der Waals surface area contributed by atoms with Crippen LogP contribution in [-0.2, 0) is 10.3 Å². The molecular formula is C18H18ClFN4O4. The Labute approximate surface area is 164 Å². The fourth-order valence-corrected chi connectivity index (χ4v) is 3.29. The van der Waals surface area contributed by atoms with E-state index in [1.165, 1.54) is 30.6 Å². The van der Waals surface area contributed by atoms with E-state index in [4.69, 9.17) is 22.1 Å². The number of carbonyl (C=O) groups excluding carboxylic acids is 1. The van der Waals surface area contributed by atoms with Crippen molar-refractivity contribution in [2.24, 2.45) is 0 Å². The molecule has 0 saturated heterocycles. The van der Waals surface area contributed by atoms with Crippen LogP contribution in [0.4, 0.5) is 10.2 Å². The number of ether oxygens (including phenoxy) is 1. The first-order valence-corrected chi connectivity index (χ1v) is 8.69. The van der Waals surface area contributed by atoms with Gasteiger partial charge >= 0.3 is 5.97 Å². The highest BCUT2D eigenvalue weighted by Gasteiger charge is 2.38. The molecule has 0 radical (unpaired) electrons. The van der Waals surface area contributed by atoms with Gasteiger partial charge in [0.1, 0.15) is 34.1 Å². The standard InChI is InChI=1S/C18H18ClFN4O4/c1-4-28-16(26)11-12(20)10(19)7-9(14(11)25)18(3,27)17-23-8(2)13-15(21)22-5-6-24(13)17/h5-7,25,27H,4H2,1-3H3,(H2,21,22)/t18-/m0/s1. The van der Waals surface area contributed by atoms with E-state index >= 15 is 0 Å². The van der Waals surface area contributed by atoms with Crippen LogP contribution in [0.5, 0.6) is 5.75 Å². The number of fused-ring (bicyclic) bond motifs is 1. The van der Waals surface area contributed by atoms with Crippen molar-refractivity contribution in [3.8, 4) is 5.75 Å². The van der Waals surface area contributed by atoms with E-state index in [0.717, 1.165) is 6.07 Å². The molecule has 3 rings (SSSR count). The Bertz CT molecular complexity index is 1100. The van der Waals surface area contributed by atoms with E-state index in [9.17, 15) is 19.4 Å². The second-order valence-electron chi connectivity index (χ2n) is 6.29. The van der Waals surface area contributed by atoms with Crippen LogP contribution in [-0.4, -0.2) is 37.2 Å². The lowest BCUT2D eigenvalue weighted by atomic mass is 9.91. The Kier molecular flexibility index (Phi) is 4.90. The van der Waals surface area contributed by atoms with E-state index in [2.05, 4.69) is 9.97 Å². The number of rotatable bonds is 4. The normalized spacial score (nSPS) is 13.5. The summed E-state index contributed by atoms with van der Waals surface area (Å²) in [5, 5.41) is 21.4. The minimum Gasteiger partial charge on any atom is -0.507 e. The number of halogens is 2. The van der Waals surface area contributed by atoms with E-state index in [1.54, 1.807) is 6.92 Å². The van der Waals surface area contributed by atoms with Gasteiger partial charge in [0, 0.05) is 18.0 Å². The van der Waals surface area contributed by atoms with E-state index in [-0.39, 0.29) is 23.8 Å². The van der Waals surface area contributed by atoms with Gasteiger partial charge < -0.3 is 20.7 Å². The number of nitrogen functional groups attached to an aromatic ring is 1. The topological polar surface area (TPSA) is 123 Å². The van der Waals surface area contributed by atoms with Crippen LogP contribution in [0, 0.1) is 12.7 Å². The maximum Gasteiger partial charge on any atom is 0.345 e. The molecule has 0 aliphatic carbocycles. The molecule has 0 saturated carbocycles. The summed E-state index contributed by atoms with van der Waals surface area (Å²) in [5.41, 5.74) is 3.90. The van der Waals surface area contributed by atoms with Crippen LogP contribution in [0.1, 0.15) is 41.3 Å². The third-order valence-corrected chi connectivity index (χ3v) is 4.66. The van der Waals surface area contributed by atoms with Crippen LogP contribution in [0.15, 0.2) is 18.5 Å². The summed E-state index contributed by atoms with van der Waals surface area (Å²) in [5.74, 6) is -2.77. The average Bonchev–Trinajstić information content (AvgIpc) is 2.97. The lowest BCUT2D eigenvalue weighted by molar-refractivity contribution is 0.0514. The quantitative estimate of drug-likeness (QED) is 0.567. The van der Waals surface area contributed by atoms with Gasteiger partial charge in [-0.2, -0.15) is 0 Å². The number of nitrogens with two attached hydrogens (primary N) is 1. The van der Waals surface area contributed by atoms with E-state index < -0.39 is 33.7 Å². The van der Waals surface area contributed by atoms with Gasteiger partial charge in [0.25, 0.3) is 0 Å². The minimum absolute atomic E-state index is 0.0354. The summed E-state index contributed by atoms with van der Waals surface area (Å²) >= 11 is 5.92. The molecule has 4 N–H and O–H groups in total. The van der Waals surface area contributed by atoms with Crippen molar-refractivity contribution < 1.29 is 24.1 Å². The third-order valence-electron chi connectivity index (χ3n) is 4.39. The largest absolute Gasteiger partial charge is 0.507 e. The minimum atomic E-state index is -1.96. The molecule has 0 aliphatic heterocycles. The fourth-order valence-electron chi connectivity index (χ4n) is 3.08. The van der Waals surface area contributed by atoms with Crippen molar-refractivity contribution in [1.29, 1.82) is 0 Å². The van der Waals surface area contributed by atoms with Crippen molar-refractivity contribution in [1.82, 2.24) is 14.4 Å². The van der Waals surface area contributed by atoms with Crippen LogP contribution >= 0.6 is 11.6 Å². The molecule has 148 valence electrons. The summed E-state index contributed by atoms with van der Waals surface area (Å²) in [4.78, 5) is 20.4. The molecule has 0 bridgehead atoms. The molecule has 8 nitrogen and oxygen atoms in total. The third kappa shape index (κ3) is 2.92. The number of carbonyl (C=O) groups is 1. The van der Waals surface area contributed by atoms with Crippen molar-refractivity contribution in [3.63, 3.8) is 0 Å². The monoisotopic (exact) mass is 408 g/mol. The van der Waals surface area contributed by atoms with Crippen LogP contribution in [0.2, 0.25) is 5.02 Å². The predicted molar refractivity (Wildman–Crippen MR) is 99.8 cm³/mol. The number of aromatic nitrogens is 3.